The van der Waals surface area contributed by atoms with E-state index in [1.807, 2.05) is 6.07 Å². The summed E-state index contributed by atoms with van der Waals surface area (Å²) in [5, 5.41) is 18.1. The van der Waals surface area contributed by atoms with Crippen molar-refractivity contribution in [3.8, 4) is 11.8 Å². The van der Waals surface area contributed by atoms with Crippen molar-refractivity contribution in [1.29, 1.82) is 5.26 Å². The van der Waals surface area contributed by atoms with E-state index in [0.29, 0.717) is 16.9 Å². The molecule has 0 saturated heterocycles. The maximum absolute atomic E-state index is 12.7. The molecule has 0 saturated carbocycles. The molecule has 2 rings (SSSR count). The van der Waals surface area contributed by atoms with Gasteiger partial charge in [-0.3, -0.25) is 0 Å². The summed E-state index contributed by atoms with van der Waals surface area (Å²) in [6.07, 6.45) is -7.28. The summed E-state index contributed by atoms with van der Waals surface area (Å²) in [6.45, 7) is 1.64. The van der Waals surface area contributed by atoms with Crippen LogP contribution in [0, 0.1) is 18.3 Å². The Balaban J connectivity index is 2.51. The molecular weight excluding hydrogens is 269 g/mol. The molecule has 0 aliphatic carbocycles. The molecule has 0 aliphatic heterocycles. The first kappa shape index (κ1) is 14.2. The Labute approximate surface area is 113 Å². The third-order valence-electron chi connectivity index (χ3n) is 2.95. The van der Waals surface area contributed by atoms with Crippen molar-refractivity contribution in [3.05, 3.63) is 53.3 Å². The number of nitrogens with zero attached hydrogens (tertiary/aromatic N) is 2. The molecule has 3 nitrogen and oxygen atoms in total. The quantitative estimate of drug-likeness (QED) is 0.918. The van der Waals surface area contributed by atoms with Crippen LogP contribution in [0.3, 0.4) is 0 Å². The van der Waals surface area contributed by atoms with Crippen LogP contribution in [0.4, 0.5) is 13.2 Å². The maximum atomic E-state index is 12.7. The van der Waals surface area contributed by atoms with Crippen LogP contribution in [0.25, 0.3) is 5.69 Å². The first-order valence-electron chi connectivity index (χ1n) is 5.78. The van der Waals surface area contributed by atoms with Gasteiger partial charge in [0.1, 0.15) is 0 Å². The SMILES string of the molecule is Cc1ccc(C(O)C(F)(F)F)n1-c1ccc(C#N)cc1. The lowest BCUT2D eigenvalue weighted by molar-refractivity contribution is -0.208. The number of aliphatic hydroxyl groups is 1. The fourth-order valence-corrected chi connectivity index (χ4v) is 1.98. The van der Waals surface area contributed by atoms with Crippen LogP contribution in [-0.4, -0.2) is 15.8 Å². The molecule has 1 N–H and O–H groups in total. The third kappa shape index (κ3) is 2.53. The summed E-state index contributed by atoms with van der Waals surface area (Å²) in [4.78, 5) is 0. The first-order chi connectivity index (χ1) is 9.34. The van der Waals surface area contributed by atoms with E-state index >= 15 is 0 Å². The zero-order chi connectivity index (χ0) is 14.9. The molecule has 1 atom stereocenters. The van der Waals surface area contributed by atoms with Crippen molar-refractivity contribution in [2.45, 2.75) is 19.2 Å². The number of aliphatic hydroxyl groups excluding tert-OH is 1. The summed E-state index contributed by atoms with van der Waals surface area (Å²) < 4.78 is 39.3. The summed E-state index contributed by atoms with van der Waals surface area (Å²) in [5.41, 5.74) is 1.19. The van der Waals surface area contributed by atoms with Gasteiger partial charge >= 0.3 is 6.18 Å². The number of alkyl halides is 3. The second kappa shape index (κ2) is 5.02. The van der Waals surface area contributed by atoms with Crippen LogP contribution in [0.5, 0.6) is 0 Å². The van der Waals surface area contributed by atoms with E-state index in [4.69, 9.17) is 5.26 Å². The number of halogens is 3. The Bertz CT molecular complexity index is 651. The summed E-state index contributed by atoms with van der Waals surface area (Å²) in [5.74, 6) is 0. The fourth-order valence-electron chi connectivity index (χ4n) is 1.98. The number of rotatable bonds is 2. The Morgan fingerprint density at radius 2 is 1.75 bits per heavy atom. The van der Waals surface area contributed by atoms with Crippen molar-refractivity contribution >= 4 is 0 Å². The molecule has 0 fully saturated rings. The zero-order valence-electron chi connectivity index (χ0n) is 10.5. The van der Waals surface area contributed by atoms with E-state index in [2.05, 4.69) is 0 Å². The van der Waals surface area contributed by atoms with E-state index in [-0.39, 0.29) is 5.69 Å². The zero-order valence-corrected chi connectivity index (χ0v) is 10.5. The molecule has 1 unspecified atom stereocenters. The Morgan fingerprint density at radius 3 is 2.25 bits per heavy atom. The van der Waals surface area contributed by atoms with E-state index < -0.39 is 12.3 Å². The van der Waals surface area contributed by atoms with Crippen LogP contribution >= 0.6 is 0 Å². The minimum absolute atomic E-state index is 0.250. The number of hydrogen-bond donors (Lipinski definition) is 1. The van der Waals surface area contributed by atoms with Crippen molar-refractivity contribution in [1.82, 2.24) is 4.57 Å². The average Bonchev–Trinajstić information content (AvgIpc) is 2.78. The molecule has 6 heteroatoms. The second-order valence-corrected chi connectivity index (χ2v) is 4.34. The van der Waals surface area contributed by atoms with Crippen LogP contribution < -0.4 is 0 Å². The van der Waals surface area contributed by atoms with Crippen LogP contribution in [0.15, 0.2) is 36.4 Å². The highest BCUT2D eigenvalue weighted by Crippen LogP contribution is 2.34. The van der Waals surface area contributed by atoms with Gasteiger partial charge in [-0.05, 0) is 43.3 Å². The molecule has 0 aliphatic rings. The van der Waals surface area contributed by atoms with Gasteiger partial charge in [-0.2, -0.15) is 18.4 Å². The minimum Gasteiger partial charge on any atom is -0.378 e. The normalized spacial score (nSPS) is 13.0. The molecule has 0 radical (unpaired) electrons. The Kier molecular flexibility index (Phi) is 3.55. The predicted octanol–water partition coefficient (Wildman–Crippen LogP) is 3.25. The van der Waals surface area contributed by atoms with Crippen molar-refractivity contribution < 1.29 is 18.3 Å². The first-order valence-corrected chi connectivity index (χ1v) is 5.78. The molecule has 0 amide bonds. The molecule has 1 heterocycles. The predicted molar refractivity (Wildman–Crippen MR) is 66.2 cm³/mol. The lowest BCUT2D eigenvalue weighted by Crippen LogP contribution is -2.23. The number of aromatic nitrogens is 1. The van der Waals surface area contributed by atoms with E-state index in [9.17, 15) is 18.3 Å². The lowest BCUT2D eigenvalue weighted by Gasteiger charge is -2.18. The second-order valence-electron chi connectivity index (χ2n) is 4.34. The van der Waals surface area contributed by atoms with Gasteiger partial charge in [0, 0.05) is 11.4 Å². The van der Waals surface area contributed by atoms with Gasteiger partial charge in [0.15, 0.2) is 6.10 Å². The number of hydrogen-bond acceptors (Lipinski definition) is 2. The largest absolute Gasteiger partial charge is 0.420 e. The van der Waals surface area contributed by atoms with Crippen LogP contribution in [0.1, 0.15) is 23.1 Å². The molecular formula is C14H11F3N2O. The molecule has 1 aromatic heterocycles. The van der Waals surface area contributed by atoms with Crippen molar-refractivity contribution in [2.75, 3.05) is 0 Å². The summed E-state index contributed by atoms with van der Waals surface area (Å²) in [7, 11) is 0. The molecule has 2 aromatic rings. The smallest absolute Gasteiger partial charge is 0.378 e. The highest BCUT2D eigenvalue weighted by atomic mass is 19.4. The van der Waals surface area contributed by atoms with Gasteiger partial charge in [-0.25, -0.2) is 0 Å². The summed E-state index contributed by atoms with van der Waals surface area (Å²) in [6, 6.07) is 10.8. The maximum Gasteiger partial charge on any atom is 0.420 e. The fraction of sp³-hybridized carbons (Fsp3) is 0.214. The van der Waals surface area contributed by atoms with Gasteiger partial charge in [-0.15, -0.1) is 0 Å². The van der Waals surface area contributed by atoms with Crippen LogP contribution in [-0.2, 0) is 0 Å². The van der Waals surface area contributed by atoms with Gasteiger partial charge in [0.25, 0.3) is 0 Å². The van der Waals surface area contributed by atoms with Crippen molar-refractivity contribution in [3.63, 3.8) is 0 Å². The van der Waals surface area contributed by atoms with Gasteiger partial charge in [0.05, 0.1) is 17.3 Å². The van der Waals surface area contributed by atoms with E-state index in [1.165, 1.54) is 41.0 Å². The number of benzene rings is 1. The van der Waals surface area contributed by atoms with E-state index in [1.54, 1.807) is 6.92 Å². The van der Waals surface area contributed by atoms with Gasteiger partial charge < -0.3 is 9.67 Å². The standard InChI is InChI=1S/C14H11F3N2O/c1-9-2-7-12(13(20)14(15,16)17)19(9)11-5-3-10(8-18)4-6-11/h2-7,13,20H,1H3. The summed E-state index contributed by atoms with van der Waals surface area (Å²) >= 11 is 0. The van der Waals surface area contributed by atoms with Crippen molar-refractivity contribution in [2.24, 2.45) is 0 Å². The monoisotopic (exact) mass is 280 g/mol. The van der Waals surface area contributed by atoms with E-state index in [0.717, 1.165) is 0 Å². The topological polar surface area (TPSA) is 49.0 Å². The molecule has 0 spiro atoms. The average molecular weight is 280 g/mol. The van der Waals surface area contributed by atoms with Gasteiger partial charge in [0.2, 0.25) is 0 Å². The molecule has 1 aromatic carbocycles. The van der Waals surface area contributed by atoms with Crippen LogP contribution in [0.2, 0.25) is 0 Å². The molecule has 0 bridgehead atoms. The Hall–Kier alpha value is -2.26. The van der Waals surface area contributed by atoms with Gasteiger partial charge in [-0.1, -0.05) is 0 Å². The number of nitriles is 1. The lowest BCUT2D eigenvalue weighted by atomic mass is 10.2. The third-order valence-corrected chi connectivity index (χ3v) is 2.95. The highest BCUT2D eigenvalue weighted by molar-refractivity contribution is 5.43. The molecule has 104 valence electrons. The highest BCUT2D eigenvalue weighted by Gasteiger charge is 2.41. The number of aryl methyl sites for hydroxylation is 1. The Morgan fingerprint density at radius 1 is 1.15 bits per heavy atom. The minimum atomic E-state index is -4.73. The molecule has 20 heavy (non-hydrogen) atoms.